The third-order valence-electron chi connectivity index (χ3n) is 2.27. The Morgan fingerprint density at radius 2 is 2.17 bits per heavy atom. The molecular formula is C8H10N2OS. The second-order valence-corrected chi connectivity index (χ2v) is 3.90. The molecule has 0 aliphatic heterocycles. The number of hydrogen-bond acceptors (Lipinski definition) is 4. The van der Waals surface area contributed by atoms with E-state index in [1.165, 1.54) is 11.5 Å². The number of hydrogen-bond donors (Lipinski definition) is 0. The van der Waals surface area contributed by atoms with Crippen LogP contribution in [-0.4, -0.2) is 15.1 Å². The van der Waals surface area contributed by atoms with E-state index in [2.05, 4.69) is 9.36 Å². The molecule has 0 saturated heterocycles. The van der Waals surface area contributed by atoms with Gasteiger partial charge in [-0.2, -0.15) is 4.37 Å². The molecule has 2 rings (SSSR count). The van der Waals surface area contributed by atoms with Crippen LogP contribution in [-0.2, 0) is 4.79 Å². The number of aromatic nitrogens is 2. The molecule has 0 aromatic carbocycles. The molecular weight excluding hydrogens is 172 g/mol. The van der Waals surface area contributed by atoms with Gasteiger partial charge in [0.15, 0.2) is 0 Å². The second-order valence-electron chi connectivity index (χ2n) is 3.09. The molecule has 1 aromatic heterocycles. The van der Waals surface area contributed by atoms with Gasteiger partial charge in [-0.15, -0.1) is 0 Å². The highest BCUT2D eigenvalue weighted by molar-refractivity contribution is 7.05. The summed E-state index contributed by atoms with van der Waals surface area (Å²) < 4.78 is 3.96. The zero-order chi connectivity index (χ0) is 8.39. The molecule has 0 bridgehead atoms. The Labute approximate surface area is 75.0 Å². The van der Waals surface area contributed by atoms with Gasteiger partial charge < -0.3 is 0 Å². The largest absolute Gasteiger partial charge is 0.300 e. The van der Waals surface area contributed by atoms with E-state index in [0.717, 1.165) is 30.7 Å². The number of carbonyl (C=O) groups is 1. The highest BCUT2D eigenvalue weighted by Gasteiger charge is 2.21. The van der Waals surface area contributed by atoms with E-state index < -0.39 is 0 Å². The summed E-state index contributed by atoms with van der Waals surface area (Å²) >= 11 is 1.46. The van der Waals surface area contributed by atoms with E-state index in [4.69, 9.17) is 0 Å². The number of carbonyl (C=O) groups excluding carboxylic acids is 1. The summed E-state index contributed by atoms with van der Waals surface area (Å²) in [6.45, 7) is 0. The van der Waals surface area contributed by atoms with E-state index >= 15 is 0 Å². The average Bonchev–Trinajstić information content (AvgIpc) is 2.58. The molecule has 1 aliphatic rings. The standard InChI is InChI=1S/C8H10N2OS/c11-7-3-1-6(2-4-7)8-9-5-10-12-8/h5-6H,1-4H2. The molecule has 1 aromatic rings. The van der Waals surface area contributed by atoms with Gasteiger partial charge >= 0.3 is 0 Å². The maximum atomic E-state index is 10.9. The fourth-order valence-corrected chi connectivity index (χ4v) is 2.23. The van der Waals surface area contributed by atoms with Crippen LogP contribution in [0.5, 0.6) is 0 Å². The lowest BCUT2D eigenvalue weighted by molar-refractivity contribution is -0.120. The second kappa shape index (κ2) is 3.31. The maximum Gasteiger partial charge on any atom is 0.132 e. The van der Waals surface area contributed by atoms with Crippen LogP contribution in [0.2, 0.25) is 0 Å². The molecule has 12 heavy (non-hydrogen) atoms. The first-order valence-corrected chi connectivity index (χ1v) is 4.92. The number of ketones is 1. The smallest absolute Gasteiger partial charge is 0.132 e. The molecule has 1 aliphatic carbocycles. The van der Waals surface area contributed by atoms with Gasteiger partial charge in [-0.05, 0) is 24.4 Å². The van der Waals surface area contributed by atoms with E-state index in [0.29, 0.717) is 11.7 Å². The zero-order valence-electron chi connectivity index (χ0n) is 6.69. The van der Waals surface area contributed by atoms with Gasteiger partial charge in [0, 0.05) is 18.8 Å². The summed E-state index contributed by atoms with van der Waals surface area (Å²) in [5.74, 6) is 0.894. The predicted octanol–water partition coefficient (Wildman–Crippen LogP) is 1.76. The van der Waals surface area contributed by atoms with Crippen molar-refractivity contribution in [3.63, 3.8) is 0 Å². The fourth-order valence-electron chi connectivity index (χ4n) is 1.55. The lowest BCUT2D eigenvalue weighted by Gasteiger charge is -2.17. The first-order chi connectivity index (χ1) is 5.86. The quantitative estimate of drug-likeness (QED) is 0.664. The zero-order valence-corrected chi connectivity index (χ0v) is 7.51. The molecule has 64 valence electrons. The fraction of sp³-hybridized carbons (Fsp3) is 0.625. The molecule has 0 N–H and O–H groups in total. The van der Waals surface area contributed by atoms with Gasteiger partial charge in [0.1, 0.15) is 17.1 Å². The van der Waals surface area contributed by atoms with Gasteiger partial charge in [-0.3, -0.25) is 4.79 Å². The van der Waals surface area contributed by atoms with Crippen molar-refractivity contribution in [2.75, 3.05) is 0 Å². The summed E-state index contributed by atoms with van der Waals surface area (Å²) in [5.41, 5.74) is 0. The van der Waals surface area contributed by atoms with Crippen LogP contribution >= 0.6 is 11.5 Å². The maximum absolute atomic E-state index is 10.9. The van der Waals surface area contributed by atoms with E-state index in [1.54, 1.807) is 6.33 Å². The Morgan fingerprint density at radius 3 is 2.75 bits per heavy atom. The number of rotatable bonds is 1. The summed E-state index contributed by atoms with van der Waals surface area (Å²) in [6, 6.07) is 0. The van der Waals surface area contributed by atoms with Crippen LogP contribution in [0, 0.1) is 0 Å². The molecule has 0 amide bonds. The molecule has 1 heterocycles. The SMILES string of the molecule is O=C1CCC(c2ncns2)CC1. The van der Waals surface area contributed by atoms with Crippen LogP contribution < -0.4 is 0 Å². The van der Waals surface area contributed by atoms with Crippen LogP contribution in [0.4, 0.5) is 0 Å². The van der Waals surface area contributed by atoms with Crippen molar-refractivity contribution in [3.05, 3.63) is 11.3 Å². The minimum Gasteiger partial charge on any atom is -0.300 e. The minimum atomic E-state index is 0.399. The van der Waals surface area contributed by atoms with Crippen LogP contribution in [0.1, 0.15) is 36.6 Å². The van der Waals surface area contributed by atoms with Gasteiger partial charge in [0.05, 0.1) is 0 Å². The molecule has 0 radical (unpaired) electrons. The molecule has 3 nitrogen and oxygen atoms in total. The van der Waals surface area contributed by atoms with Crippen molar-refractivity contribution in [2.24, 2.45) is 0 Å². The van der Waals surface area contributed by atoms with Crippen LogP contribution in [0.15, 0.2) is 6.33 Å². The molecule has 1 fully saturated rings. The first kappa shape index (κ1) is 7.86. The minimum absolute atomic E-state index is 0.399. The summed E-state index contributed by atoms with van der Waals surface area (Å²) in [4.78, 5) is 15.1. The predicted molar refractivity (Wildman–Crippen MR) is 46.1 cm³/mol. The summed E-state index contributed by atoms with van der Waals surface area (Å²) in [5, 5.41) is 1.10. The normalized spacial score (nSPS) is 19.8. The Bertz CT molecular complexity index is 261. The molecule has 0 unspecified atom stereocenters. The van der Waals surface area contributed by atoms with Crippen molar-refractivity contribution in [1.29, 1.82) is 0 Å². The number of nitrogens with zero attached hydrogens (tertiary/aromatic N) is 2. The number of Topliss-reactive ketones (excluding diaryl/α,β-unsaturated/α-hetero) is 1. The van der Waals surface area contributed by atoms with E-state index in [9.17, 15) is 4.79 Å². The van der Waals surface area contributed by atoms with Crippen LogP contribution in [0.25, 0.3) is 0 Å². The van der Waals surface area contributed by atoms with E-state index in [-0.39, 0.29) is 0 Å². The third kappa shape index (κ3) is 1.53. The molecule has 1 saturated carbocycles. The monoisotopic (exact) mass is 182 g/mol. The van der Waals surface area contributed by atoms with Gasteiger partial charge in [-0.1, -0.05) is 0 Å². The average molecular weight is 182 g/mol. The summed E-state index contributed by atoms with van der Waals surface area (Å²) in [6.07, 6.45) is 4.98. The topological polar surface area (TPSA) is 42.9 Å². The van der Waals surface area contributed by atoms with Gasteiger partial charge in [-0.25, -0.2) is 4.98 Å². The molecule has 4 heteroatoms. The van der Waals surface area contributed by atoms with E-state index in [1.807, 2.05) is 0 Å². The van der Waals surface area contributed by atoms with Crippen molar-refractivity contribution in [2.45, 2.75) is 31.6 Å². The van der Waals surface area contributed by atoms with Crippen molar-refractivity contribution >= 4 is 17.3 Å². The Hall–Kier alpha value is -0.770. The first-order valence-electron chi connectivity index (χ1n) is 4.14. The van der Waals surface area contributed by atoms with Gasteiger partial charge in [0.25, 0.3) is 0 Å². The lowest BCUT2D eigenvalue weighted by Crippen LogP contribution is -2.11. The van der Waals surface area contributed by atoms with Crippen molar-refractivity contribution in [3.8, 4) is 0 Å². The Morgan fingerprint density at radius 1 is 1.42 bits per heavy atom. The Balaban J connectivity index is 2.03. The highest BCUT2D eigenvalue weighted by Crippen LogP contribution is 2.31. The van der Waals surface area contributed by atoms with Crippen molar-refractivity contribution < 1.29 is 4.79 Å². The Kier molecular flexibility index (Phi) is 2.17. The summed E-state index contributed by atoms with van der Waals surface area (Å²) in [7, 11) is 0. The van der Waals surface area contributed by atoms with Gasteiger partial charge in [0.2, 0.25) is 0 Å². The van der Waals surface area contributed by atoms with Crippen LogP contribution in [0.3, 0.4) is 0 Å². The molecule has 0 atom stereocenters. The molecule has 0 spiro atoms. The lowest BCUT2D eigenvalue weighted by atomic mass is 9.89. The third-order valence-corrected chi connectivity index (χ3v) is 3.10. The highest BCUT2D eigenvalue weighted by atomic mass is 32.1. The van der Waals surface area contributed by atoms with Crippen molar-refractivity contribution in [1.82, 2.24) is 9.36 Å².